The van der Waals surface area contributed by atoms with Gasteiger partial charge in [-0.05, 0) is 6.07 Å². The quantitative estimate of drug-likeness (QED) is 0.415. The van der Waals surface area contributed by atoms with E-state index in [1.807, 2.05) is 0 Å². The molecule has 6 nitrogen and oxygen atoms in total. The number of nitro benzene ring substituents is 1. The summed E-state index contributed by atoms with van der Waals surface area (Å²) >= 11 is 0. The third kappa shape index (κ3) is 3.92. The maximum atomic E-state index is 10.8. The van der Waals surface area contributed by atoms with Crippen LogP contribution in [0.2, 0.25) is 0 Å². The summed E-state index contributed by atoms with van der Waals surface area (Å²) < 4.78 is 15.2. The number of ether oxygens (including phenoxy) is 3. The fourth-order valence-corrected chi connectivity index (χ4v) is 1.27. The Labute approximate surface area is 99.2 Å². The van der Waals surface area contributed by atoms with Gasteiger partial charge in [0.05, 0.1) is 18.6 Å². The Morgan fingerprint density at radius 2 is 2.06 bits per heavy atom. The van der Waals surface area contributed by atoms with Gasteiger partial charge in [-0.15, -0.1) is 0 Å². The van der Waals surface area contributed by atoms with Crippen LogP contribution in [0.25, 0.3) is 0 Å². The highest BCUT2D eigenvalue weighted by molar-refractivity contribution is 5.50. The maximum absolute atomic E-state index is 10.8. The molecular weight excluding hydrogens is 226 g/mol. The molecule has 0 saturated carbocycles. The lowest BCUT2D eigenvalue weighted by Gasteiger charge is -2.08. The molecule has 0 aliphatic heterocycles. The Bertz CT molecular complexity index is 380. The first-order valence-electron chi connectivity index (χ1n) is 5.13. The molecule has 0 heterocycles. The molecule has 1 aromatic rings. The van der Waals surface area contributed by atoms with Crippen molar-refractivity contribution < 1.29 is 19.1 Å². The SMILES string of the molecule is COCCCOc1cc(OC)ccc1[N+](=O)[O-]. The molecule has 0 aliphatic carbocycles. The standard InChI is InChI=1S/C11H15NO5/c1-15-6-3-7-17-11-8-9(16-2)4-5-10(11)12(13)14/h4-5,8H,3,6-7H2,1-2H3. The molecule has 0 amide bonds. The van der Waals surface area contributed by atoms with Crippen molar-refractivity contribution >= 4 is 5.69 Å². The van der Waals surface area contributed by atoms with E-state index < -0.39 is 4.92 Å². The fraction of sp³-hybridized carbons (Fsp3) is 0.455. The molecule has 6 heteroatoms. The van der Waals surface area contributed by atoms with Gasteiger partial charge in [0.25, 0.3) is 0 Å². The molecule has 1 aromatic carbocycles. The highest BCUT2D eigenvalue weighted by atomic mass is 16.6. The first-order chi connectivity index (χ1) is 8.19. The third-order valence-corrected chi connectivity index (χ3v) is 2.11. The van der Waals surface area contributed by atoms with Gasteiger partial charge >= 0.3 is 5.69 Å². The van der Waals surface area contributed by atoms with Gasteiger partial charge in [-0.1, -0.05) is 0 Å². The van der Waals surface area contributed by atoms with Crippen LogP contribution in [0.3, 0.4) is 0 Å². The second kappa shape index (κ2) is 6.70. The smallest absolute Gasteiger partial charge is 0.311 e. The molecule has 0 aromatic heterocycles. The highest BCUT2D eigenvalue weighted by Crippen LogP contribution is 2.31. The second-order valence-electron chi connectivity index (χ2n) is 3.29. The molecule has 0 aliphatic rings. The van der Waals surface area contributed by atoms with Crippen LogP contribution >= 0.6 is 0 Å². The van der Waals surface area contributed by atoms with Crippen molar-refractivity contribution in [1.82, 2.24) is 0 Å². The number of hydrogen-bond donors (Lipinski definition) is 0. The first kappa shape index (κ1) is 13.2. The van der Waals surface area contributed by atoms with E-state index in [0.717, 1.165) is 0 Å². The van der Waals surface area contributed by atoms with Gasteiger partial charge < -0.3 is 14.2 Å². The van der Waals surface area contributed by atoms with Gasteiger partial charge in [0.1, 0.15) is 5.75 Å². The summed E-state index contributed by atoms with van der Waals surface area (Å²) in [5, 5.41) is 10.8. The van der Waals surface area contributed by atoms with E-state index in [-0.39, 0.29) is 11.4 Å². The molecule has 17 heavy (non-hydrogen) atoms. The zero-order chi connectivity index (χ0) is 12.7. The van der Waals surface area contributed by atoms with Crippen molar-refractivity contribution in [3.63, 3.8) is 0 Å². The number of methoxy groups -OCH3 is 2. The first-order valence-corrected chi connectivity index (χ1v) is 5.13. The largest absolute Gasteiger partial charge is 0.497 e. The predicted molar refractivity (Wildman–Crippen MR) is 61.6 cm³/mol. The lowest BCUT2D eigenvalue weighted by atomic mass is 10.3. The Hall–Kier alpha value is -1.82. The summed E-state index contributed by atoms with van der Waals surface area (Å²) in [5.74, 6) is 0.739. The third-order valence-electron chi connectivity index (χ3n) is 2.11. The van der Waals surface area contributed by atoms with Gasteiger partial charge in [0.2, 0.25) is 5.75 Å². The van der Waals surface area contributed by atoms with Crippen LogP contribution in [0.5, 0.6) is 11.5 Å². The van der Waals surface area contributed by atoms with Crippen molar-refractivity contribution in [2.75, 3.05) is 27.4 Å². The topological polar surface area (TPSA) is 70.8 Å². The van der Waals surface area contributed by atoms with Crippen LogP contribution in [0.1, 0.15) is 6.42 Å². The lowest BCUT2D eigenvalue weighted by molar-refractivity contribution is -0.385. The molecule has 0 bridgehead atoms. The summed E-state index contributed by atoms with van der Waals surface area (Å²) in [6.07, 6.45) is 0.671. The summed E-state index contributed by atoms with van der Waals surface area (Å²) in [7, 11) is 3.09. The number of hydrogen-bond acceptors (Lipinski definition) is 5. The maximum Gasteiger partial charge on any atom is 0.311 e. The normalized spacial score (nSPS) is 10.0. The molecule has 0 fully saturated rings. The van der Waals surface area contributed by atoms with E-state index in [1.165, 1.54) is 25.3 Å². The summed E-state index contributed by atoms with van der Waals surface area (Å²) in [5.41, 5.74) is -0.0665. The number of rotatable bonds is 7. The second-order valence-corrected chi connectivity index (χ2v) is 3.29. The summed E-state index contributed by atoms with van der Waals surface area (Å²) in [6.45, 7) is 0.916. The molecule has 1 rings (SSSR count). The molecule has 0 atom stereocenters. The molecule has 0 radical (unpaired) electrons. The van der Waals surface area contributed by atoms with E-state index in [1.54, 1.807) is 7.11 Å². The Kier molecular flexibility index (Phi) is 5.22. The Balaban J connectivity index is 2.75. The van der Waals surface area contributed by atoms with Crippen LogP contribution in [0.15, 0.2) is 18.2 Å². The van der Waals surface area contributed by atoms with E-state index in [0.29, 0.717) is 25.4 Å². The number of nitrogens with zero attached hydrogens (tertiary/aromatic N) is 1. The minimum Gasteiger partial charge on any atom is -0.497 e. The molecule has 94 valence electrons. The minimum absolute atomic E-state index is 0.0665. The molecule has 0 unspecified atom stereocenters. The van der Waals surface area contributed by atoms with Crippen molar-refractivity contribution in [3.05, 3.63) is 28.3 Å². The number of nitro groups is 1. The van der Waals surface area contributed by atoms with Crippen LogP contribution in [-0.2, 0) is 4.74 Å². The average Bonchev–Trinajstić information content (AvgIpc) is 2.34. The summed E-state index contributed by atoms with van der Waals surface area (Å²) in [4.78, 5) is 10.3. The highest BCUT2D eigenvalue weighted by Gasteiger charge is 2.15. The van der Waals surface area contributed by atoms with Gasteiger partial charge in [-0.3, -0.25) is 10.1 Å². The Morgan fingerprint density at radius 3 is 2.65 bits per heavy atom. The predicted octanol–water partition coefficient (Wildman–Crippen LogP) is 2.02. The zero-order valence-electron chi connectivity index (χ0n) is 9.84. The van der Waals surface area contributed by atoms with Crippen LogP contribution in [-0.4, -0.2) is 32.4 Å². The molecule has 0 N–H and O–H groups in total. The van der Waals surface area contributed by atoms with Crippen molar-refractivity contribution in [2.24, 2.45) is 0 Å². The zero-order valence-corrected chi connectivity index (χ0v) is 9.84. The Morgan fingerprint density at radius 1 is 1.29 bits per heavy atom. The van der Waals surface area contributed by atoms with Crippen molar-refractivity contribution in [1.29, 1.82) is 0 Å². The summed E-state index contributed by atoms with van der Waals surface area (Å²) in [6, 6.07) is 4.40. The lowest BCUT2D eigenvalue weighted by Crippen LogP contribution is -2.03. The van der Waals surface area contributed by atoms with Gasteiger partial charge in [0, 0.05) is 32.3 Å². The van der Waals surface area contributed by atoms with Crippen LogP contribution in [0.4, 0.5) is 5.69 Å². The van der Waals surface area contributed by atoms with E-state index >= 15 is 0 Å². The van der Waals surface area contributed by atoms with Crippen LogP contribution in [0, 0.1) is 10.1 Å². The van der Waals surface area contributed by atoms with Crippen molar-refractivity contribution in [2.45, 2.75) is 6.42 Å². The molecule has 0 saturated heterocycles. The monoisotopic (exact) mass is 241 g/mol. The fourth-order valence-electron chi connectivity index (χ4n) is 1.27. The van der Waals surface area contributed by atoms with Crippen LogP contribution < -0.4 is 9.47 Å². The van der Waals surface area contributed by atoms with E-state index in [9.17, 15) is 10.1 Å². The van der Waals surface area contributed by atoms with Gasteiger partial charge in [-0.25, -0.2) is 0 Å². The molecular formula is C11H15NO5. The van der Waals surface area contributed by atoms with Gasteiger partial charge in [-0.2, -0.15) is 0 Å². The minimum atomic E-state index is -0.481. The van der Waals surface area contributed by atoms with Crippen molar-refractivity contribution in [3.8, 4) is 11.5 Å². The van der Waals surface area contributed by atoms with E-state index in [4.69, 9.17) is 14.2 Å². The number of benzene rings is 1. The van der Waals surface area contributed by atoms with E-state index in [2.05, 4.69) is 0 Å². The average molecular weight is 241 g/mol. The molecule has 0 spiro atoms. The van der Waals surface area contributed by atoms with Gasteiger partial charge in [0.15, 0.2) is 0 Å².